The molecule has 9 heteroatoms. The number of hydrogen-bond acceptors (Lipinski definition) is 7. The first-order valence-corrected chi connectivity index (χ1v) is 7.16. The van der Waals surface area contributed by atoms with Gasteiger partial charge in [0.15, 0.2) is 11.0 Å². The van der Waals surface area contributed by atoms with Crippen molar-refractivity contribution in [2.45, 2.75) is 13.2 Å². The van der Waals surface area contributed by atoms with Gasteiger partial charge in [0.1, 0.15) is 5.82 Å². The van der Waals surface area contributed by atoms with Crippen LogP contribution in [0.5, 0.6) is 0 Å². The second-order valence-corrected chi connectivity index (χ2v) is 5.51. The first-order valence-electron chi connectivity index (χ1n) is 6.35. The lowest BCUT2D eigenvalue weighted by Gasteiger charge is -2.00. The molecule has 2 aromatic heterocycles. The molecule has 0 bridgehead atoms. The maximum atomic E-state index is 12.9. The van der Waals surface area contributed by atoms with Crippen LogP contribution in [-0.2, 0) is 18.0 Å². The summed E-state index contributed by atoms with van der Waals surface area (Å²) >= 11 is 1.43. The van der Waals surface area contributed by atoms with Crippen LogP contribution in [0.4, 0.5) is 9.52 Å². The molecule has 114 valence electrons. The Morgan fingerprint density at radius 3 is 3.27 bits per heavy atom. The van der Waals surface area contributed by atoms with Gasteiger partial charge in [0.2, 0.25) is 0 Å². The molecule has 3 rings (SSSR count). The highest BCUT2D eigenvalue weighted by Crippen LogP contribution is 2.35. The Labute approximate surface area is 129 Å². The standard InChI is InChI=1S/C13H13FN6OS/c1-7(16-3-8(14)2-15)18-13-19-12-9-4-17-20-10(9)5-21-6-11(12)22-13/h2-4H,1,5-6,15H2,(H,17,20)(H,18,19)/b8-2+,16-3?. The van der Waals surface area contributed by atoms with Crippen molar-refractivity contribution in [3.63, 3.8) is 0 Å². The van der Waals surface area contributed by atoms with E-state index in [1.807, 2.05) is 0 Å². The molecule has 3 heterocycles. The van der Waals surface area contributed by atoms with Crippen molar-refractivity contribution in [1.82, 2.24) is 15.2 Å². The zero-order valence-corrected chi connectivity index (χ0v) is 12.3. The molecule has 0 saturated heterocycles. The second kappa shape index (κ2) is 6.08. The number of nitrogens with one attached hydrogen (secondary N) is 2. The topological polar surface area (TPSA) is 101 Å². The molecule has 1 aliphatic rings. The average Bonchev–Trinajstić information content (AvgIpc) is 3.09. The Hall–Kier alpha value is -2.52. The molecule has 22 heavy (non-hydrogen) atoms. The van der Waals surface area contributed by atoms with Gasteiger partial charge in [0, 0.05) is 11.8 Å². The van der Waals surface area contributed by atoms with E-state index in [1.54, 1.807) is 6.20 Å². The van der Waals surface area contributed by atoms with E-state index in [9.17, 15) is 4.39 Å². The van der Waals surface area contributed by atoms with Crippen LogP contribution in [0.3, 0.4) is 0 Å². The third kappa shape index (κ3) is 2.90. The van der Waals surface area contributed by atoms with Gasteiger partial charge in [-0.15, -0.1) is 0 Å². The predicted molar refractivity (Wildman–Crippen MR) is 82.8 cm³/mol. The number of aromatic amines is 1. The number of nitrogens with two attached hydrogens (primary N) is 1. The van der Waals surface area contributed by atoms with Crippen molar-refractivity contribution in [3.05, 3.63) is 41.2 Å². The van der Waals surface area contributed by atoms with Gasteiger partial charge < -0.3 is 15.8 Å². The summed E-state index contributed by atoms with van der Waals surface area (Å²) in [6.07, 6.45) is 3.52. The van der Waals surface area contributed by atoms with E-state index in [1.165, 1.54) is 11.3 Å². The lowest BCUT2D eigenvalue weighted by atomic mass is 10.2. The Bertz CT molecular complexity index is 762. The number of ether oxygens (including phenoxy) is 1. The number of nitrogens with zero attached hydrogens (tertiary/aromatic N) is 3. The minimum atomic E-state index is -0.644. The number of halogens is 1. The van der Waals surface area contributed by atoms with E-state index in [-0.39, 0.29) is 5.82 Å². The van der Waals surface area contributed by atoms with Crippen LogP contribution in [0.15, 0.2) is 35.6 Å². The first kappa shape index (κ1) is 14.4. The Balaban J connectivity index is 1.81. The maximum absolute atomic E-state index is 12.9. The average molecular weight is 320 g/mol. The molecular weight excluding hydrogens is 307 g/mol. The lowest BCUT2D eigenvalue weighted by molar-refractivity contribution is 0.109. The molecular formula is C13H13FN6OS. The van der Waals surface area contributed by atoms with E-state index in [0.717, 1.165) is 34.2 Å². The smallest absolute Gasteiger partial charge is 0.189 e. The molecule has 7 nitrogen and oxygen atoms in total. The fourth-order valence-corrected chi connectivity index (χ4v) is 2.86. The number of H-pyrrole nitrogens is 1. The van der Waals surface area contributed by atoms with Crippen LogP contribution in [0.2, 0.25) is 0 Å². The molecule has 0 unspecified atom stereocenters. The van der Waals surface area contributed by atoms with Gasteiger partial charge in [-0.1, -0.05) is 17.9 Å². The summed E-state index contributed by atoms with van der Waals surface area (Å²) < 4.78 is 18.4. The number of allylic oxidation sites excluding steroid dienone is 1. The van der Waals surface area contributed by atoms with Gasteiger partial charge in [-0.05, 0) is 0 Å². The molecule has 0 aromatic carbocycles. The predicted octanol–water partition coefficient (Wildman–Crippen LogP) is 2.29. The van der Waals surface area contributed by atoms with E-state index < -0.39 is 5.83 Å². The minimum absolute atomic E-state index is 0.259. The summed E-state index contributed by atoms with van der Waals surface area (Å²) in [6.45, 7) is 4.63. The third-order valence-corrected chi connectivity index (χ3v) is 3.85. The van der Waals surface area contributed by atoms with Crippen molar-refractivity contribution in [2.75, 3.05) is 5.32 Å². The molecule has 2 aromatic rings. The largest absolute Gasteiger partial charge is 0.402 e. The molecule has 0 spiro atoms. The Kier molecular flexibility index (Phi) is 3.98. The maximum Gasteiger partial charge on any atom is 0.189 e. The van der Waals surface area contributed by atoms with Gasteiger partial charge in [-0.2, -0.15) is 5.10 Å². The quantitative estimate of drug-likeness (QED) is 0.750. The van der Waals surface area contributed by atoms with E-state index in [2.05, 4.69) is 32.1 Å². The van der Waals surface area contributed by atoms with Crippen LogP contribution in [0, 0.1) is 0 Å². The molecule has 0 radical (unpaired) electrons. The monoisotopic (exact) mass is 320 g/mol. The first-order chi connectivity index (χ1) is 10.7. The molecule has 1 aliphatic heterocycles. The van der Waals surface area contributed by atoms with Gasteiger partial charge in [0.05, 0.1) is 41.9 Å². The van der Waals surface area contributed by atoms with Gasteiger partial charge in [-0.25, -0.2) is 14.4 Å². The molecule has 0 saturated carbocycles. The SMILES string of the molecule is C=C(N=C/C(F)=C\N)Nc1nc2c(s1)COCc1[nH]ncc1-2. The van der Waals surface area contributed by atoms with Crippen molar-refractivity contribution >= 4 is 22.7 Å². The van der Waals surface area contributed by atoms with Crippen LogP contribution in [0.25, 0.3) is 11.3 Å². The van der Waals surface area contributed by atoms with E-state index >= 15 is 0 Å². The number of hydrogen-bond donors (Lipinski definition) is 3. The molecule has 0 amide bonds. The highest BCUT2D eigenvalue weighted by molar-refractivity contribution is 7.16. The highest BCUT2D eigenvalue weighted by Gasteiger charge is 2.21. The van der Waals surface area contributed by atoms with Crippen molar-refractivity contribution < 1.29 is 9.13 Å². The summed E-state index contributed by atoms with van der Waals surface area (Å²) in [6, 6.07) is 0. The summed E-state index contributed by atoms with van der Waals surface area (Å²) in [4.78, 5) is 9.30. The van der Waals surface area contributed by atoms with Crippen molar-refractivity contribution in [3.8, 4) is 11.3 Å². The summed E-state index contributed by atoms with van der Waals surface area (Å²) in [5.74, 6) is -0.386. The van der Waals surface area contributed by atoms with E-state index in [0.29, 0.717) is 18.3 Å². The number of aliphatic imine (C=N–C) groups is 1. The van der Waals surface area contributed by atoms with Crippen LogP contribution in [0.1, 0.15) is 10.6 Å². The number of thiazole rings is 1. The fraction of sp³-hybridized carbons (Fsp3) is 0.154. The van der Waals surface area contributed by atoms with E-state index in [4.69, 9.17) is 10.5 Å². The second-order valence-electron chi connectivity index (χ2n) is 4.43. The molecule has 4 N–H and O–H groups in total. The third-order valence-electron chi connectivity index (χ3n) is 2.90. The molecule has 0 atom stereocenters. The fourth-order valence-electron chi connectivity index (χ4n) is 1.92. The zero-order valence-electron chi connectivity index (χ0n) is 11.5. The van der Waals surface area contributed by atoms with Crippen molar-refractivity contribution in [1.29, 1.82) is 0 Å². The molecule has 0 aliphatic carbocycles. The van der Waals surface area contributed by atoms with Crippen LogP contribution < -0.4 is 11.1 Å². The zero-order chi connectivity index (χ0) is 15.5. The van der Waals surface area contributed by atoms with Crippen LogP contribution in [-0.4, -0.2) is 21.4 Å². The molecule has 0 fully saturated rings. The van der Waals surface area contributed by atoms with Gasteiger partial charge in [0.25, 0.3) is 0 Å². The number of rotatable bonds is 4. The normalized spacial score (nSPS) is 14.5. The minimum Gasteiger partial charge on any atom is -0.402 e. The summed E-state index contributed by atoms with van der Waals surface area (Å²) in [7, 11) is 0. The number of aromatic nitrogens is 3. The van der Waals surface area contributed by atoms with Crippen molar-refractivity contribution in [2.24, 2.45) is 10.7 Å². The number of fused-ring (bicyclic) bond motifs is 3. The summed E-state index contributed by atoms with van der Waals surface area (Å²) in [5.41, 5.74) is 7.64. The Morgan fingerprint density at radius 2 is 2.45 bits per heavy atom. The highest BCUT2D eigenvalue weighted by atomic mass is 32.1. The lowest BCUT2D eigenvalue weighted by Crippen LogP contribution is -1.96. The summed E-state index contributed by atoms with van der Waals surface area (Å²) in [5, 5.41) is 10.4. The van der Waals surface area contributed by atoms with Gasteiger partial charge >= 0.3 is 0 Å². The van der Waals surface area contributed by atoms with Crippen LogP contribution >= 0.6 is 11.3 Å². The number of anilines is 1. The Morgan fingerprint density at radius 1 is 1.59 bits per heavy atom. The van der Waals surface area contributed by atoms with Gasteiger partial charge in [-0.3, -0.25) is 5.10 Å².